The lowest BCUT2D eigenvalue weighted by molar-refractivity contribution is -0.166. The van der Waals surface area contributed by atoms with Gasteiger partial charge < -0.3 is 29.6 Å². The van der Waals surface area contributed by atoms with E-state index in [2.05, 4.69) is 15.6 Å². The minimum atomic E-state index is -1.52. The lowest BCUT2D eigenvalue weighted by atomic mass is 9.83. The van der Waals surface area contributed by atoms with Gasteiger partial charge in [0.2, 0.25) is 11.8 Å². The van der Waals surface area contributed by atoms with Crippen molar-refractivity contribution in [3.05, 3.63) is 78.5 Å². The molecule has 0 atom stereocenters. The molecule has 39 heavy (non-hydrogen) atoms. The van der Waals surface area contributed by atoms with Crippen LogP contribution in [-0.4, -0.2) is 44.2 Å². The van der Waals surface area contributed by atoms with Crippen LogP contribution >= 0.6 is 0 Å². The number of nitrogens with one attached hydrogen (secondary N) is 2. The first-order valence-electron chi connectivity index (χ1n) is 11.8. The molecule has 1 aromatic heterocycles. The Morgan fingerprint density at radius 1 is 0.821 bits per heavy atom. The van der Waals surface area contributed by atoms with Crippen molar-refractivity contribution >= 4 is 34.1 Å². The number of methoxy groups -OCH3 is 2. The Labute approximate surface area is 221 Å². The maximum absolute atomic E-state index is 15.1. The van der Waals surface area contributed by atoms with Crippen molar-refractivity contribution in [3.8, 4) is 23.0 Å². The molecule has 11 heteroatoms. The first kappa shape index (κ1) is 25.9. The topological polar surface area (TPSA) is 108 Å². The van der Waals surface area contributed by atoms with Crippen molar-refractivity contribution in [2.45, 2.75) is 0 Å². The van der Waals surface area contributed by atoms with Gasteiger partial charge in [0.15, 0.2) is 28.5 Å². The molecule has 0 unspecified atom stereocenters. The summed E-state index contributed by atoms with van der Waals surface area (Å²) in [6.45, 7) is -0.308. The zero-order valence-electron chi connectivity index (χ0n) is 20.9. The summed E-state index contributed by atoms with van der Waals surface area (Å²) in [6.07, 6.45) is 1.52. The third kappa shape index (κ3) is 5.04. The second-order valence-corrected chi connectivity index (χ2v) is 8.77. The lowest BCUT2D eigenvalue weighted by Crippen LogP contribution is -2.59. The van der Waals surface area contributed by atoms with Crippen LogP contribution in [0.25, 0.3) is 10.9 Å². The van der Waals surface area contributed by atoms with Crippen LogP contribution in [0.5, 0.6) is 23.0 Å². The van der Waals surface area contributed by atoms with E-state index < -0.39 is 28.9 Å². The summed E-state index contributed by atoms with van der Waals surface area (Å²) >= 11 is 0. The zero-order chi connectivity index (χ0) is 27.6. The highest BCUT2D eigenvalue weighted by atomic mass is 19.1. The Kier molecular flexibility index (Phi) is 6.99. The second kappa shape index (κ2) is 10.5. The van der Waals surface area contributed by atoms with Crippen LogP contribution in [0.4, 0.5) is 20.2 Å². The smallest absolute Gasteiger partial charge is 0.244 e. The van der Waals surface area contributed by atoms with E-state index in [1.165, 1.54) is 56.8 Å². The summed E-state index contributed by atoms with van der Waals surface area (Å²) < 4.78 is 49.9. The third-order valence-electron chi connectivity index (χ3n) is 6.28. The molecule has 5 rings (SSSR count). The van der Waals surface area contributed by atoms with Crippen molar-refractivity contribution in [1.29, 1.82) is 0 Å². The van der Waals surface area contributed by atoms with Gasteiger partial charge in [-0.2, -0.15) is 0 Å². The average molecular weight is 536 g/mol. The molecule has 0 aliphatic carbocycles. The molecule has 3 aromatic carbocycles. The van der Waals surface area contributed by atoms with E-state index in [4.69, 9.17) is 18.9 Å². The number of carbonyl (C=O) groups excluding carboxylic acids is 2. The summed E-state index contributed by atoms with van der Waals surface area (Å²) in [5.41, 5.74) is -0.512. The number of benzene rings is 3. The van der Waals surface area contributed by atoms with Gasteiger partial charge in [-0.3, -0.25) is 14.6 Å². The van der Waals surface area contributed by atoms with Crippen LogP contribution in [0.15, 0.2) is 66.9 Å². The molecule has 4 aromatic rings. The predicted molar refractivity (Wildman–Crippen MR) is 138 cm³/mol. The SMILES string of the molecule is COc1cc2nccc(Oc3ccc(NC(=O)C4(C(=O)Nc5ccc(F)cc5)COC4)cc3F)c2cc1OC. The minimum absolute atomic E-state index is 0.0916. The van der Waals surface area contributed by atoms with Gasteiger partial charge in [-0.05, 0) is 48.5 Å². The van der Waals surface area contributed by atoms with E-state index in [0.29, 0.717) is 33.8 Å². The van der Waals surface area contributed by atoms with Gasteiger partial charge in [0.1, 0.15) is 11.6 Å². The van der Waals surface area contributed by atoms with Crippen molar-refractivity contribution in [2.75, 3.05) is 38.1 Å². The van der Waals surface area contributed by atoms with Gasteiger partial charge in [-0.15, -0.1) is 0 Å². The van der Waals surface area contributed by atoms with Crippen LogP contribution < -0.4 is 24.8 Å². The Morgan fingerprint density at radius 3 is 2.08 bits per heavy atom. The second-order valence-electron chi connectivity index (χ2n) is 8.77. The molecule has 1 fully saturated rings. The highest BCUT2D eigenvalue weighted by Crippen LogP contribution is 2.38. The average Bonchev–Trinajstić information content (AvgIpc) is 2.90. The predicted octanol–water partition coefficient (Wildman–Crippen LogP) is 4.92. The van der Waals surface area contributed by atoms with Crippen LogP contribution in [0, 0.1) is 17.0 Å². The molecule has 0 spiro atoms. The molecule has 1 aliphatic rings. The number of rotatable bonds is 8. The number of fused-ring (bicyclic) bond motifs is 1. The van der Waals surface area contributed by atoms with Crippen LogP contribution in [0.1, 0.15) is 0 Å². The molecule has 0 radical (unpaired) electrons. The van der Waals surface area contributed by atoms with Crippen molar-refractivity contribution < 1.29 is 37.3 Å². The number of carbonyl (C=O) groups is 2. The van der Waals surface area contributed by atoms with Crippen LogP contribution in [0.2, 0.25) is 0 Å². The van der Waals surface area contributed by atoms with Crippen molar-refractivity contribution in [1.82, 2.24) is 4.98 Å². The number of nitrogens with zero attached hydrogens (tertiary/aromatic N) is 1. The van der Waals surface area contributed by atoms with Crippen LogP contribution in [0.3, 0.4) is 0 Å². The van der Waals surface area contributed by atoms with Gasteiger partial charge in [0.05, 0.1) is 33.0 Å². The molecular weight excluding hydrogens is 512 g/mol. The molecule has 200 valence electrons. The van der Waals surface area contributed by atoms with Gasteiger partial charge in [0, 0.05) is 35.1 Å². The Bertz CT molecular complexity index is 1560. The number of halogens is 2. The standard InChI is InChI=1S/C28H23F2N3O6/c1-36-24-12-19-21(13-25(24)37-2)31-10-9-22(19)39-23-8-7-18(11-20(23)30)33-27(35)28(14-38-15-28)26(34)32-17-5-3-16(29)4-6-17/h3-13H,14-15H2,1-2H3,(H,32,34)(H,33,35). The molecule has 1 aliphatic heterocycles. The fourth-order valence-corrected chi connectivity index (χ4v) is 4.02. The fraction of sp³-hybridized carbons (Fsp3) is 0.179. The first-order chi connectivity index (χ1) is 18.8. The maximum Gasteiger partial charge on any atom is 0.244 e. The molecule has 0 saturated carbocycles. The van der Waals surface area contributed by atoms with E-state index in [0.717, 1.165) is 6.07 Å². The van der Waals surface area contributed by atoms with E-state index >= 15 is 4.39 Å². The van der Waals surface area contributed by atoms with E-state index in [9.17, 15) is 14.0 Å². The first-order valence-corrected chi connectivity index (χ1v) is 11.8. The molecule has 2 amide bonds. The Balaban J connectivity index is 1.33. The molecule has 0 bridgehead atoms. The monoisotopic (exact) mass is 535 g/mol. The summed E-state index contributed by atoms with van der Waals surface area (Å²) in [7, 11) is 3.01. The number of anilines is 2. The van der Waals surface area contributed by atoms with E-state index in [-0.39, 0.29) is 24.7 Å². The summed E-state index contributed by atoms with van der Waals surface area (Å²) in [5.74, 6) is -1.30. The molecule has 2 N–H and O–H groups in total. The molecule has 2 heterocycles. The Morgan fingerprint density at radius 2 is 1.46 bits per heavy atom. The van der Waals surface area contributed by atoms with Crippen molar-refractivity contribution in [2.24, 2.45) is 5.41 Å². The number of hydrogen-bond acceptors (Lipinski definition) is 7. The lowest BCUT2D eigenvalue weighted by Gasteiger charge is -2.38. The summed E-state index contributed by atoms with van der Waals surface area (Å²) in [5, 5.41) is 5.74. The largest absolute Gasteiger partial charge is 0.493 e. The molecule has 9 nitrogen and oxygen atoms in total. The number of pyridine rings is 1. The van der Waals surface area contributed by atoms with Crippen molar-refractivity contribution in [3.63, 3.8) is 0 Å². The summed E-state index contributed by atoms with van der Waals surface area (Å²) in [4.78, 5) is 30.2. The molecular formula is C28H23F2N3O6. The normalized spacial score (nSPS) is 13.7. The van der Waals surface area contributed by atoms with Gasteiger partial charge in [-0.1, -0.05) is 0 Å². The third-order valence-corrected chi connectivity index (χ3v) is 6.28. The highest BCUT2D eigenvalue weighted by Gasteiger charge is 2.53. The van der Waals surface area contributed by atoms with E-state index in [1.54, 1.807) is 18.2 Å². The zero-order valence-corrected chi connectivity index (χ0v) is 20.9. The highest BCUT2D eigenvalue weighted by molar-refractivity contribution is 6.15. The minimum Gasteiger partial charge on any atom is -0.493 e. The number of hydrogen-bond donors (Lipinski definition) is 2. The van der Waals surface area contributed by atoms with Gasteiger partial charge >= 0.3 is 0 Å². The van der Waals surface area contributed by atoms with Crippen LogP contribution in [-0.2, 0) is 14.3 Å². The van der Waals surface area contributed by atoms with Gasteiger partial charge in [0.25, 0.3) is 0 Å². The quantitative estimate of drug-likeness (QED) is 0.309. The molecule has 1 saturated heterocycles. The Hall–Kier alpha value is -4.77. The number of aromatic nitrogens is 1. The number of ether oxygens (including phenoxy) is 4. The number of amides is 2. The summed E-state index contributed by atoms with van der Waals surface area (Å²) in [6, 6.07) is 14.0. The van der Waals surface area contributed by atoms with E-state index in [1.807, 2.05) is 0 Å². The fourth-order valence-electron chi connectivity index (χ4n) is 4.02. The van der Waals surface area contributed by atoms with Gasteiger partial charge in [-0.25, -0.2) is 8.78 Å². The maximum atomic E-state index is 15.1.